The Morgan fingerprint density at radius 2 is 1.94 bits per heavy atom. The van der Waals surface area contributed by atoms with Crippen LogP contribution in [-0.4, -0.2) is 15.7 Å². The average molecular weight is 245 g/mol. The summed E-state index contributed by atoms with van der Waals surface area (Å²) >= 11 is 0. The molecular formula is C15H19NO2. The van der Waals surface area contributed by atoms with E-state index >= 15 is 0 Å². The number of ether oxygens (including phenoxy) is 1. The molecule has 0 saturated heterocycles. The number of fused-ring (bicyclic) bond motifs is 1. The van der Waals surface area contributed by atoms with E-state index in [-0.39, 0.29) is 12.2 Å². The molecule has 0 unspecified atom stereocenters. The van der Waals surface area contributed by atoms with Crippen LogP contribution < -0.4 is 4.74 Å². The summed E-state index contributed by atoms with van der Waals surface area (Å²) in [6.07, 6.45) is 0. The molecule has 3 heteroatoms. The van der Waals surface area contributed by atoms with E-state index in [1.54, 1.807) is 0 Å². The Balaban J connectivity index is 2.49. The number of aliphatic hydroxyl groups excluding tert-OH is 1. The average Bonchev–Trinajstić information content (AvgIpc) is 2.27. The molecule has 3 nitrogen and oxygen atoms in total. The summed E-state index contributed by atoms with van der Waals surface area (Å²) < 4.78 is 5.84. The van der Waals surface area contributed by atoms with Crippen LogP contribution >= 0.6 is 0 Å². The summed E-state index contributed by atoms with van der Waals surface area (Å²) in [5, 5.41) is 10.2. The van der Waals surface area contributed by atoms with Crippen molar-refractivity contribution in [1.82, 2.24) is 4.98 Å². The van der Waals surface area contributed by atoms with E-state index in [1.807, 2.05) is 52.0 Å². The lowest BCUT2D eigenvalue weighted by Crippen LogP contribution is -2.22. The topological polar surface area (TPSA) is 42.4 Å². The zero-order valence-corrected chi connectivity index (χ0v) is 11.3. The van der Waals surface area contributed by atoms with Crippen LogP contribution in [0.3, 0.4) is 0 Å². The molecule has 2 aromatic rings. The monoisotopic (exact) mass is 245 g/mol. The van der Waals surface area contributed by atoms with Crippen LogP contribution in [0.15, 0.2) is 24.3 Å². The van der Waals surface area contributed by atoms with Crippen LogP contribution in [0.25, 0.3) is 10.9 Å². The number of pyridine rings is 1. The van der Waals surface area contributed by atoms with Crippen LogP contribution in [0.4, 0.5) is 0 Å². The third kappa shape index (κ3) is 2.79. The van der Waals surface area contributed by atoms with E-state index in [4.69, 9.17) is 9.84 Å². The minimum atomic E-state index is -0.208. The highest BCUT2D eigenvalue weighted by molar-refractivity contribution is 5.83. The minimum absolute atomic E-state index is 0.0307. The summed E-state index contributed by atoms with van der Waals surface area (Å²) in [5.41, 5.74) is 2.48. The molecule has 0 aliphatic carbocycles. The highest BCUT2D eigenvalue weighted by atomic mass is 16.5. The molecule has 0 atom stereocenters. The standard InChI is InChI=1S/C15H19NO2/c1-10-7-11(9-17)16-14-6-5-12(8-13(10)14)18-15(2,3)4/h5-8,17H,9H2,1-4H3. The minimum Gasteiger partial charge on any atom is -0.488 e. The van der Waals surface area contributed by atoms with E-state index in [0.717, 1.165) is 22.2 Å². The smallest absolute Gasteiger partial charge is 0.120 e. The first-order valence-corrected chi connectivity index (χ1v) is 6.09. The summed E-state index contributed by atoms with van der Waals surface area (Å²) in [4.78, 5) is 4.39. The van der Waals surface area contributed by atoms with E-state index in [0.29, 0.717) is 5.69 Å². The number of hydrogen-bond acceptors (Lipinski definition) is 3. The van der Waals surface area contributed by atoms with E-state index in [2.05, 4.69) is 4.98 Å². The maximum atomic E-state index is 9.14. The summed E-state index contributed by atoms with van der Waals surface area (Å²) in [5.74, 6) is 0.844. The van der Waals surface area contributed by atoms with Crippen molar-refractivity contribution in [3.63, 3.8) is 0 Å². The lowest BCUT2D eigenvalue weighted by molar-refractivity contribution is 0.131. The molecule has 1 aromatic heterocycles. The first-order chi connectivity index (χ1) is 8.39. The zero-order valence-electron chi connectivity index (χ0n) is 11.3. The number of rotatable bonds is 2. The lowest BCUT2D eigenvalue weighted by Gasteiger charge is -2.21. The van der Waals surface area contributed by atoms with Gasteiger partial charge in [-0.25, -0.2) is 0 Å². The SMILES string of the molecule is Cc1cc(CO)nc2ccc(OC(C)(C)C)cc12. The van der Waals surface area contributed by atoms with Crippen molar-refractivity contribution in [3.8, 4) is 5.75 Å². The van der Waals surface area contributed by atoms with Gasteiger partial charge in [0.1, 0.15) is 11.4 Å². The predicted molar refractivity (Wildman–Crippen MR) is 72.8 cm³/mol. The predicted octanol–water partition coefficient (Wildman–Crippen LogP) is 3.21. The molecule has 0 bridgehead atoms. The van der Waals surface area contributed by atoms with Gasteiger partial charge in [0, 0.05) is 5.39 Å². The Bertz CT molecular complexity index is 570. The van der Waals surface area contributed by atoms with Gasteiger partial charge in [-0.1, -0.05) is 0 Å². The Labute approximate surface area is 107 Å². The normalized spacial score (nSPS) is 11.8. The van der Waals surface area contributed by atoms with Crippen molar-refractivity contribution in [3.05, 3.63) is 35.5 Å². The molecule has 0 amide bonds. The molecule has 0 spiro atoms. The highest BCUT2D eigenvalue weighted by Crippen LogP contribution is 2.25. The molecule has 96 valence electrons. The van der Waals surface area contributed by atoms with E-state index in [9.17, 15) is 0 Å². The van der Waals surface area contributed by atoms with Gasteiger partial charge in [-0.05, 0) is 57.5 Å². The van der Waals surface area contributed by atoms with Gasteiger partial charge in [-0.15, -0.1) is 0 Å². The van der Waals surface area contributed by atoms with Crippen molar-refractivity contribution in [1.29, 1.82) is 0 Å². The van der Waals surface area contributed by atoms with Crippen molar-refractivity contribution < 1.29 is 9.84 Å². The molecule has 1 aromatic carbocycles. The largest absolute Gasteiger partial charge is 0.488 e. The summed E-state index contributed by atoms with van der Waals surface area (Å²) in [6, 6.07) is 7.76. The third-order valence-corrected chi connectivity index (χ3v) is 2.63. The number of hydrogen-bond donors (Lipinski definition) is 1. The second-order valence-corrected chi connectivity index (χ2v) is 5.48. The van der Waals surface area contributed by atoms with Gasteiger partial charge in [0.15, 0.2) is 0 Å². The number of nitrogens with zero attached hydrogens (tertiary/aromatic N) is 1. The maximum Gasteiger partial charge on any atom is 0.120 e. The van der Waals surface area contributed by atoms with Crippen molar-refractivity contribution in [2.75, 3.05) is 0 Å². The molecule has 2 rings (SSSR count). The molecule has 0 radical (unpaired) electrons. The van der Waals surface area contributed by atoms with Gasteiger partial charge in [0.2, 0.25) is 0 Å². The van der Waals surface area contributed by atoms with Crippen LogP contribution in [0, 0.1) is 6.92 Å². The van der Waals surface area contributed by atoms with Gasteiger partial charge >= 0.3 is 0 Å². The van der Waals surface area contributed by atoms with Gasteiger partial charge in [0.05, 0.1) is 17.8 Å². The van der Waals surface area contributed by atoms with Gasteiger partial charge in [-0.2, -0.15) is 0 Å². The summed E-state index contributed by atoms with van der Waals surface area (Å²) in [7, 11) is 0. The Morgan fingerprint density at radius 1 is 1.22 bits per heavy atom. The number of benzene rings is 1. The number of aromatic nitrogens is 1. The first kappa shape index (κ1) is 12.8. The van der Waals surface area contributed by atoms with Crippen LogP contribution in [0.1, 0.15) is 32.0 Å². The second kappa shape index (κ2) is 4.58. The van der Waals surface area contributed by atoms with Gasteiger partial charge < -0.3 is 9.84 Å². The highest BCUT2D eigenvalue weighted by Gasteiger charge is 2.12. The van der Waals surface area contributed by atoms with Crippen molar-refractivity contribution in [2.24, 2.45) is 0 Å². The lowest BCUT2D eigenvalue weighted by atomic mass is 10.1. The van der Waals surface area contributed by atoms with Crippen LogP contribution in [0.2, 0.25) is 0 Å². The Hall–Kier alpha value is -1.61. The first-order valence-electron chi connectivity index (χ1n) is 6.09. The Morgan fingerprint density at radius 3 is 2.56 bits per heavy atom. The molecule has 18 heavy (non-hydrogen) atoms. The molecule has 0 fully saturated rings. The van der Waals surface area contributed by atoms with Gasteiger partial charge in [0.25, 0.3) is 0 Å². The molecular weight excluding hydrogens is 226 g/mol. The van der Waals surface area contributed by atoms with E-state index < -0.39 is 0 Å². The number of aliphatic hydroxyl groups is 1. The quantitative estimate of drug-likeness (QED) is 0.883. The molecule has 1 N–H and O–H groups in total. The van der Waals surface area contributed by atoms with Crippen LogP contribution in [-0.2, 0) is 6.61 Å². The molecule has 1 heterocycles. The van der Waals surface area contributed by atoms with Crippen molar-refractivity contribution in [2.45, 2.75) is 39.9 Å². The Kier molecular flexibility index (Phi) is 3.26. The van der Waals surface area contributed by atoms with Crippen LogP contribution in [0.5, 0.6) is 5.75 Å². The third-order valence-electron chi connectivity index (χ3n) is 2.63. The molecule has 0 aliphatic heterocycles. The summed E-state index contributed by atoms with van der Waals surface area (Å²) in [6.45, 7) is 8.06. The maximum absolute atomic E-state index is 9.14. The van der Waals surface area contributed by atoms with E-state index in [1.165, 1.54) is 0 Å². The zero-order chi connectivity index (χ0) is 13.3. The number of aryl methyl sites for hydroxylation is 1. The fraction of sp³-hybridized carbons (Fsp3) is 0.400. The molecule has 0 saturated carbocycles. The second-order valence-electron chi connectivity index (χ2n) is 5.48. The van der Waals surface area contributed by atoms with Gasteiger partial charge in [-0.3, -0.25) is 4.98 Å². The fourth-order valence-corrected chi connectivity index (χ4v) is 1.94. The molecule has 0 aliphatic rings. The fourth-order valence-electron chi connectivity index (χ4n) is 1.94. The van der Waals surface area contributed by atoms with Crippen molar-refractivity contribution >= 4 is 10.9 Å².